The minimum absolute atomic E-state index is 0.204. The largest absolute Gasteiger partial charge is 0.381 e. The van der Waals surface area contributed by atoms with E-state index in [0.717, 1.165) is 32.6 Å². The highest BCUT2D eigenvalue weighted by molar-refractivity contribution is 5.77. The summed E-state index contributed by atoms with van der Waals surface area (Å²) in [5.41, 5.74) is 0. The van der Waals surface area contributed by atoms with Crippen LogP contribution in [0.3, 0.4) is 0 Å². The molecule has 1 fully saturated rings. The van der Waals surface area contributed by atoms with E-state index < -0.39 is 0 Å². The Morgan fingerprint density at radius 2 is 1.80 bits per heavy atom. The van der Waals surface area contributed by atoms with Crippen molar-refractivity contribution in [3.05, 3.63) is 0 Å². The smallest absolute Gasteiger partial charge is 0.220 e. The zero-order chi connectivity index (χ0) is 11.4. The second-order valence-corrected chi connectivity index (χ2v) is 3.77. The molecule has 3 nitrogen and oxygen atoms in total. The van der Waals surface area contributed by atoms with E-state index in [1.807, 2.05) is 0 Å². The van der Waals surface area contributed by atoms with Gasteiger partial charge in [0, 0.05) is 26.2 Å². The van der Waals surface area contributed by atoms with Gasteiger partial charge in [0.25, 0.3) is 0 Å². The van der Waals surface area contributed by atoms with Crippen molar-refractivity contribution in [1.82, 2.24) is 5.32 Å². The number of amides is 1. The van der Waals surface area contributed by atoms with E-state index >= 15 is 0 Å². The van der Waals surface area contributed by atoms with Gasteiger partial charge in [0.15, 0.2) is 0 Å². The number of hydrogen-bond donors (Lipinski definition) is 1. The molecule has 0 aromatic rings. The Bertz CT molecular complexity index is 135. The zero-order valence-electron chi connectivity index (χ0n) is 10.2. The van der Waals surface area contributed by atoms with Crippen LogP contribution in [0, 0.1) is 0 Å². The number of ether oxygens (including phenoxy) is 1. The molecular weight excluding hydrogens is 190 g/mol. The van der Waals surface area contributed by atoms with E-state index in [4.69, 9.17) is 4.74 Å². The van der Waals surface area contributed by atoms with Crippen molar-refractivity contribution in [2.45, 2.75) is 52.4 Å². The summed E-state index contributed by atoms with van der Waals surface area (Å²) in [6.45, 7) is 7.16. The predicted molar refractivity (Wildman–Crippen MR) is 62.9 cm³/mol. The molecule has 0 bridgehead atoms. The Balaban J connectivity index is 0.000000280. The fraction of sp³-hybridized carbons (Fsp3) is 0.917. The Morgan fingerprint density at radius 3 is 2.07 bits per heavy atom. The van der Waals surface area contributed by atoms with Crippen LogP contribution in [0.4, 0.5) is 0 Å². The van der Waals surface area contributed by atoms with Crippen LogP contribution in [-0.4, -0.2) is 25.7 Å². The van der Waals surface area contributed by atoms with Gasteiger partial charge in [-0.2, -0.15) is 0 Å². The van der Waals surface area contributed by atoms with Crippen molar-refractivity contribution < 1.29 is 9.53 Å². The number of unbranched alkanes of at least 4 members (excludes halogenated alkanes) is 2. The van der Waals surface area contributed by atoms with Crippen molar-refractivity contribution in [3.63, 3.8) is 0 Å². The lowest BCUT2D eigenvalue weighted by Gasteiger charge is -1.99. The van der Waals surface area contributed by atoms with Crippen LogP contribution in [0.15, 0.2) is 0 Å². The molecule has 1 amide bonds. The van der Waals surface area contributed by atoms with Gasteiger partial charge < -0.3 is 10.1 Å². The average Bonchev–Trinajstić information content (AvgIpc) is 2.70. The summed E-state index contributed by atoms with van der Waals surface area (Å²) < 4.78 is 5.31. The fourth-order valence-electron chi connectivity index (χ4n) is 1.16. The maximum Gasteiger partial charge on any atom is 0.220 e. The summed E-state index contributed by atoms with van der Waals surface area (Å²) in [6.07, 6.45) is 6.67. The van der Waals surface area contributed by atoms with E-state index in [-0.39, 0.29) is 5.91 Å². The molecule has 90 valence electrons. The molecule has 0 radical (unpaired) electrons. The Labute approximate surface area is 93.6 Å². The molecule has 0 spiro atoms. The molecule has 0 saturated carbocycles. The van der Waals surface area contributed by atoms with Crippen LogP contribution in [0.1, 0.15) is 52.4 Å². The second kappa shape index (κ2) is 11.5. The molecular formula is C12H25NO2. The van der Waals surface area contributed by atoms with E-state index in [0.29, 0.717) is 0 Å². The maximum atomic E-state index is 10.1. The zero-order valence-corrected chi connectivity index (χ0v) is 10.2. The van der Waals surface area contributed by atoms with Crippen molar-refractivity contribution in [2.24, 2.45) is 0 Å². The minimum atomic E-state index is 0.204. The fourth-order valence-corrected chi connectivity index (χ4v) is 1.16. The van der Waals surface area contributed by atoms with Gasteiger partial charge in [-0.25, -0.2) is 0 Å². The molecule has 1 rings (SSSR count). The molecule has 0 unspecified atom stereocenters. The molecule has 0 atom stereocenters. The monoisotopic (exact) mass is 215 g/mol. The van der Waals surface area contributed by atoms with Gasteiger partial charge in [-0.3, -0.25) is 4.79 Å². The summed E-state index contributed by atoms with van der Waals surface area (Å²) in [7, 11) is 0. The first-order chi connectivity index (χ1) is 7.31. The maximum absolute atomic E-state index is 10.1. The number of hydrogen-bond acceptors (Lipinski definition) is 2. The SMILES string of the molecule is CCCCOCCCC.O=C1CCCN1. The first kappa shape index (κ1) is 14.4. The molecule has 1 N–H and O–H groups in total. The van der Waals surface area contributed by atoms with Gasteiger partial charge in [-0.1, -0.05) is 26.7 Å². The van der Waals surface area contributed by atoms with E-state index in [1.165, 1.54) is 25.7 Å². The van der Waals surface area contributed by atoms with Gasteiger partial charge in [-0.15, -0.1) is 0 Å². The van der Waals surface area contributed by atoms with Crippen molar-refractivity contribution in [2.75, 3.05) is 19.8 Å². The Morgan fingerprint density at radius 1 is 1.20 bits per heavy atom. The molecule has 1 aliphatic heterocycles. The average molecular weight is 215 g/mol. The van der Waals surface area contributed by atoms with E-state index in [2.05, 4.69) is 19.2 Å². The topological polar surface area (TPSA) is 38.3 Å². The van der Waals surface area contributed by atoms with Gasteiger partial charge in [0.2, 0.25) is 5.91 Å². The quantitative estimate of drug-likeness (QED) is 0.691. The summed E-state index contributed by atoms with van der Waals surface area (Å²) in [4.78, 5) is 10.1. The first-order valence-electron chi connectivity index (χ1n) is 6.15. The lowest BCUT2D eigenvalue weighted by atomic mass is 10.3. The second-order valence-electron chi connectivity index (χ2n) is 3.77. The lowest BCUT2D eigenvalue weighted by molar-refractivity contribution is -0.119. The summed E-state index contributed by atoms with van der Waals surface area (Å²) in [5, 5.41) is 2.68. The minimum Gasteiger partial charge on any atom is -0.381 e. The first-order valence-corrected chi connectivity index (χ1v) is 6.15. The number of rotatable bonds is 6. The normalized spacial score (nSPS) is 14.4. The molecule has 15 heavy (non-hydrogen) atoms. The molecule has 1 saturated heterocycles. The van der Waals surface area contributed by atoms with Crippen LogP contribution in [0.5, 0.6) is 0 Å². The van der Waals surface area contributed by atoms with Gasteiger partial charge in [-0.05, 0) is 19.3 Å². The molecule has 0 aliphatic carbocycles. The Kier molecular flexibility index (Phi) is 11.1. The molecule has 1 aliphatic rings. The third-order valence-electron chi connectivity index (χ3n) is 2.19. The van der Waals surface area contributed by atoms with Crippen LogP contribution in [0.25, 0.3) is 0 Å². The summed E-state index contributed by atoms with van der Waals surface area (Å²) in [5.74, 6) is 0.204. The van der Waals surface area contributed by atoms with Crippen LogP contribution in [0.2, 0.25) is 0 Å². The Hall–Kier alpha value is -0.570. The predicted octanol–water partition coefficient (Wildman–Crippen LogP) is 2.50. The highest BCUT2D eigenvalue weighted by atomic mass is 16.5. The van der Waals surface area contributed by atoms with Crippen LogP contribution >= 0.6 is 0 Å². The third-order valence-corrected chi connectivity index (χ3v) is 2.19. The molecule has 1 heterocycles. The lowest BCUT2D eigenvalue weighted by Crippen LogP contribution is -2.12. The summed E-state index contributed by atoms with van der Waals surface area (Å²) in [6, 6.07) is 0. The standard InChI is InChI=1S/C8H18O.C4H7NO/c1-3-5-7-9-8-6-4-2;6-4-2-1-3-5-4/h3-8H2,1-2H3;1-3H2,(H,5,6). The third kappa shape index (κ3) is 11.4. The van der Waals surface area contributed by atoms with Gasteiger partial charge >= 0.3 is 0 Å². The molecule has 0 aromatic heterocycles. The van der Waals surface area contributed by atoms with Gasteiger partial charge in [0.05, 0.1) is 0 Å². The molecule has 3 heteroatoms. The van der Waals surface area contributed by atoms with Crippen LogP contribution in [-0.2, 0) is 9.53 Å². The number of nitrogens with one attached hydrogen (secondary N) is 1. The van der Waals surface area contributed by atoms with Gasteiger partial charge in [0.1, 0.15) is 0 Å². The van der Waals surface area contributed by atoms with Crippen molar-refractivity contribution >= 4 is 5.91 Å². The number of carbonyl (C=O) groups excluding carboxylic acids is 1. The van der Waals surface area contributed by atoms with Crippen molar-refractivity contribution in [1.29, 1.82) is 0 Å². The molecule has 0 aromatic carbocycles. The highest BCUT2D eigenvalue weighted by Crippen LogP contribution is 1.93. The summed E-state index contributed by atoms with van der Waals surface area (Å²) >= 11 is 0. The van der Waals surface area contributed by atoms with E-state index in [9.17, 15) is 4.79 Å². The van der Waals surface area contributed by atoms with Crippen LogP contribution < -0.4 is 5.32 Å². The highest BCUT2D eigenvalue weighted by Gasteiger charge is 2.05. The van der Waals surface area contributed by atoms with Crippen molar-refractivity contribution in [3.8, 4) is 0 Å². The van der Waals surface area contributed by atoms with E-state index in [1.54, 1.807) is 0 Å². The number of carbonyl (C=O) groups is 1.